The molecule has 0 aliphatic carbocycles. The fraction of sp³-hybridized carbons (Fsp3) is 0.600. The van der Waals surface area contributed by atoms with Crippen molar-refractivity contribution in [2.75, 3.05) is 0 Å². The molecule has 0 spiro atoms. The molecule has 4 N–H and O–H groups in total. The first-order valence-electron chi connectivity index (χ1n) is 4.58. The standard InChI is InChI=1S/C10H17ClN2S/c1-10(2,3)9(13)7(12)8-6(11)4-5-14-8/h4-5,7,9H,12-13H2,1-3H3. The molecule has 0 aromatic carbocycles. The van der Waals surface area contributed by atoms with E-state index in [1.54, 1.807) is 11.3 Å². The average Bonchev–Trinajstić information content (AvgIpc) is 2.47. The molecule has 0 radical (unpaired) electrons. The Hall–Kier alpha value is -0.0900. The zero-order chi connectivity index (χ0) is 10.9. The van der Waals surface area contributed by atoms with Gasteiger partial charge in [-0.2, -0.15) is 0 Å². The Balaban J connectivity index is 2.86. The number of nitrogens with two attached hydrogens (primary N) is 2. The van der Waals surface area contributed by atoms with Crippen LogP contribution in [0.2, 0.25) is 5.02 Å². The molecule has 0 aliphatic heterocycles. The predicted octanol–water partition coefficient (Wildman–Crippen LogP) is 2.77. The molecule has 0 saturated heterocycles. The van der Waals surface area contributed by atoms with Gasteiger partial charge in [-0.25, -0.2) is 0 Å². The lowest BCUT2D eigenvalue weighted by Gasteiger charge is -2.31. The van der Waals surface area contributed by atoms with Crippen LogP contribution in [0.4, 0.5) is 0 Å². The minimum absolute atomic E-state index is 0.00721. The minimum atomic E-state index is -0.178. The van der Waals surface area contributed by atoms with Gasteiger partial charge in [0.15, 0.2) is 0 Å². The van der Waals surface area contributed by atoms with E-state index in [-0.39, 0.29) is 17.5 Å². The van der Waals surface area contributed by atoms with Gasteiger partial charge >= 0.3 is 0 Å². The highest BCUT2D eigenvalue weighted by molar-refractivity contribution is 7.10. The predicted molar refractivity (Wildman–Crippen MR) is 63.7 cm³/mol. The zero-order valence-corrected chi connectivity index (χ0v) is 10.3. The van der Waals surface area contributed by atoms with Gasteiger partial charge in [0.2, 0.25) is 0 Å². The van der Waals surface area contributed by atoms with Crippen molar-refractivity contribution in [1.82, 2.24) is 0 Å². The van der Waals surface area contributed by atoms with E-state index < -0.39 is 0 Å². The van der Waals surface area contributed by atoms with Crippen molar-refractivity contribution >= 4 is 22.9 Å². The maximum Gasteiger partial charge on any atom is 0.0563 e. The average molecular weight is 233 g/mol. The quantitative estimate of drug-likeness (QED) is 0.824. The smallest absolute Gasteiger partial charge is 0.0563 e. The topological polar surface area (TPSA) is 52.0 Å². The van der Waals surface area contributed by atoms with Crippen molar-refractivity contribution in [3.05, 3.63) is 21.3 Å². The molecule has 0 amide bonds. The summed E-state index contributed by atoms with van der Waals surface area (Å²) in [5, 5.41) is 2.66. The van der Waals surface area contributed by atoms with Gasteiger partial charge in [0.1, 0.15) is 0 Å². The van der Waals surface area contributed by atoms with E-state index in [1.807, 2.05) is 11.4 Å². The minimum Gasteiger partial charge on any atom is -0.326 e. The monoisotopic (exact) mass is 232 g/mol. The van der Waals surface area contributed by atoms with Gasteiger partial charge in [-0.15, -0.1) is 11.3 Å². The Morgan fingerprint density at radius 2 is 1.93 bits per heavy atom. The second kappa shape index (κ2) is 4.19. The van der Waals surface area contributed by atoms with Gasteiger partial charge < -0.3 is 11.5 Å². The van der Waals surface area contributed by atoms with E-state index in [9.17, 15) is 0 Å². The van der Waals surface area contributed by atoms with Gasteiger partial charge in [-0.05, 0) is 16.9 Å². The van der Waals surface area contributed by atoms with Crippen LogP contribution in [0.3, 0.4) is 0 Å². The van der Waals surface area contributed by atoms with E-state index >= 15 is 0 Å². The van der Waals surface area contributed by atoms with Crippen LogP contribution in [0.25, 0.3) is 0 Å². The zero-order valence-electron chi connectivity index (χ0n) is 8.75. The molecule has 4 heteroatoms. The van der Waals surface area contributed by atoms with Crippen LogP contribution in [-0.4, -0.2) is 6.04 Å². The summed E-state index contributed by atoms with van der Waals surface area (Å²) in [6.07, 6.45) is 0. The van der Waals surface area contributed by atoms with Crippen molar-refractivity contribution in [3.63, 3.8) is 0 Å². The van der Waals surface area contributed by atoms with Crippen LogP contribution >= 0.6 is 22.9 Å². The van der Waals surface area contributed by atoms with Crippen LogP contribution in [0, 0.1) is 5.41 Å². The van der Waals surface area contributed by atoms with Gasteiger partial charge in [-0.3, -0.25) is 0 Å². The molecule has 0 fully saturated rings. The van der Waals surface area contributed by atoms with Crippen LogP contribution < -0.4 is 11.5 Å². The first kappa shape index (κ1) is 12.0. The Bertz CT molecular complexity index is 303. The number of thiophene rings is 1. The van der Waals surface area contributed by atoms with E-state index in [4.69, 9.17) is 23.1 Å². The largest absolute Gasteiger partial charge is 0.326 e. The molecule has 0 bridgehead atoms. The summed E-state index contributed by atoms with van der Waals surface area (Å²) in [6.45, 7) is 6.25. The fourth-order valence-corrected chi connectivity index (χ4v) is 2.48. The maximum atomic E-state index is 6.08. The van der Waals surface area contributed by atoms with Gasteiger partial charge in [0.25, 0.3) is 0 Å². The van der Waals surface area contributed by atoms with Crippen LogP contribution in [0.15, 0.2) is 11.4 Å². The van der Waals surface area contributed by atoms with Gasteiger partial charge in [0.05, 0.1) is 11.1 Å². The number of rotatable bonds is 2. The lowest BCUT2D eigenvalue weighted by molar-refractivity contribution is 0.284. The SMILES string of the molecule is CC(C)(C)C(N)C(N)c1sccc1Cl. The fourth-order valence-electron chi connectivity index (χ4n) is 1.25. The molecule has 1 aromatic heterocycles. The molecule has 0 aliphatic rings. The molecule has 2 nitrogen and oxygen atoms in total. The third-order valence-corrected chi connectivity index (χ3v) is 3.79. The second-order valence-corrected chi connectivity index (χ2v) is 5.91. The van der Waals surface area contributed by atoms with Crippen molar-refractivity contribution in [2.24, 2.45) is 16.9 Å². The molecule has 0 saturated carbocycles. The molecule has 2 atom stereocenters. The summed E-state index contributed by atoms with van der Waals surface area (Å²) < 4.78 is 0. The molecular weight excluding hydrogens is 216 g/mol. The van der Waals surface area contributed by atoms with Crippen molar-refractivity contribution < 1.29 is 0 Å². The highest BCUT2D eigenvalue weighted by Gasteiger charge is 2.29. The first-order valence-corrected chi connectivity index (χ1v) is 5.84. The van der Waals surface area contributed by atoms with Crippen molar-refractivity contribution in [3.8, 4) is 0 Å². The summed E-state index contributed by atoms with van der Waals surface area (Å²) >= 11 is 7.57. The molecule has 14 heavy (non-hydrogen) atoms. The first-order chi connectivity index (χ1) is 6.34. The van der Waals surface area contributed by atoms with Crippen LogP contribution in [0.1, 0.15) is 31.7 Å². The Morgan fingerprint density at radius 1 is 1.36 bits per heavy atom. The Morgan fingerprint density at radius 3 is 2.29 bits per heavy atom. The Kier molecular flexibility index (Phi) is 3.58. The number of halogens is 1. The summed E-state index contributed by atoms with van der Waals surface area (Å²) in [4.78, 5) is 0.981. The highest BCUT2D eigenvalue weighted by Crippen LogP contribution is 2.33. The van der Waals surface area contributed by atoms with Crippen LogP contribution in [-0.2, 0) is 0 Å². The summed E-state index contributed by atoms with van der Waals surface area (Å²) in [7, 11) is 0. The third-order valence-electron chi connectivity index (χ3n) is 2.33. The molecule has 2 unspecified atom stereocenters. The second-order valence-electron chi connectivity index (χ2n) is 4.55. The van der Waals surface area contributed by atoms with Crippen molar-refractivity contribution in [2.45, 2.75) is 32.9 Å². The molecule has 1 rings (SSSR count). The maximum absolute atomic E-state index is 6.08. The molecule has 80 valence electrons. The summed E-state index contributed by atoms with van der Waals surface area (Å²) in [6, 6.07) is 1.60. The number of hydrogen-bond donors (Lipinski definition) is 2. The highest BCUT2D eigenvalue weighted by atomic mass is 35.5. The lowest BCUT2D eigenvalue weighted by atomic mass is 9.83. The summed E-state index contributed by atoms with van der Waals surface area (Å²) in [5.41, 5.74) is 12.1. The van der Waals surface area contributed by atoms with E-state index in [1.165, 1.54) is 0 Å². The summed E-state index contributed by atoms with van der Waals surface area (Å²) in [5.74, 6) is 0. The molecule has 1 aromatic rings. The lowest BCUT2D eigenvalue weighted by Crippen LogP contribution is -2.43. The van der Waals surface area contributed by atoms with Gasteiger partial charge in [-0.1, -0.05) is 32.4 Å². The number of hydrogen-bond acceptors (Lipinski definition) is 3. The molecular formula is C10H17ClN2S. The van der Waals surface area contributed by atoms with E-state index in [2.05, 4.69) is 20.8 Å². The normalized spacial score (nSPS) is 16.7. The molecule has 1 heterocycles. The van der Waals surface area contributed by atoms with Crippen LogP contribution in [0.5, 0.6) is 0 Å². The Labute approximate surface area is 94.2 Å². The van der Waals surface area contributed by atoms with Crippen molar-refractivity contribution in [1.29, 1.82) is 0 Å². The van der Waals surface area contributed by atoms with Gasteiger partial charge in [0, 0.05) is 10.9 Å². The van der Waals surface area contributed by atoms with E-state index in [0.717, 1.165) is 9.90 Å². The van der Waals surface area contributed by atoms with E-state index in [0.29, 0.717) is 0 Å². The third kappa shape index (κ3) is 2.48.